The van der Waals surface area contributed by atoms with Gasteiger partial charge < -0.3 is 0 Å². The van der Waals surface area contributed by atoms with Crippen LogP contribution in [-0.4, -0.2) is 5.78 Å². The van der Waals surface area contributed by atoms with E-state index in [1.807, 2.05) is 12.1 Å². The summed E-state index contributed by atoms with van der Waals surface area (Å²) >= 11 is 0. The minimum atomic E-state index is -0.192. The Morgan fingerprint density at radius 3 is 2.50 bits per heavy atom. The lowest BCUT2D eigenvalue weighted by Gasteiger charge is -2.25. The smallest absolute Gasteiger partial charge is 0.142 e. The predicted octanol–water partition coefficient (Wildman–Crippen LogP) is 4.40. The summed E-state index contributed by atoms with van der Waals surface area (Å²) in [6.07, 6.45) is 4.20. The summed E-state index contributed by atoms with van der Waals surface area (Å²) in [7, 11) is 0. The lowest BCUT2D eigenvalue weighted by atomic mass is 9.78. The van der Waals surface area contributed by atoms with E-state index in [9.17, 15) is 9.18 Å². The van der Waals surface area contributed by atoms with Gasteiger partial charge in [0.2, 0.25) is 0 Å². The van der Waals surface area contributed by atoms with Crippen molar-refractivity contribution in [1.29, 1.82) is 0 Å². The van der Waals surface area contributed by atoms with Crippen LogP contribution < -0.4 is 0 Å². The molecule has 3 rings (SSSR count). The topological polar surface area (TPSA) is 17.1 Å². The summed E-state index contributed by atoms with van der Waals surface area (Å²) in [5.41, 5.74) is 1.17. The molecule has 0 amide bonds. The van der Waals surface area contributed by atoms with Gasteiger partial charge >= 0.3 is 0 Å². The third kappa shape index (κ3) is 2.10. The number of hydrogen-bond acceptors (Lipinski definition) is 1. The number of carbonyl (C=O) groups is 1. The number of benzene rings is 1. The van der Waals surface area contributed by atoms with E-state index in [1.165, 1.54) is 12.1 Å². The average Bonchev–Trinajstić information content (AvgIpc) is 2.75. The zero-order valence-electron chi connectivity index (χ0n) is 12.6. The quantitative estimate of drug-likeness (QED) is 0.781. The van der Waals surface area contributed by atoms with Gasteiger partial charge in [0.1, 0.15) is 11.6 Å². The SMILES string of the molecule is CC1(C)C[C@@]2(C)CC[C@H](Cc3ccc(F)cc3)[C@H]2C1=O. The Bertz CT molecular complexity index is 531. The van der Waals surface area contributed by atoms with Gasteiger partial charge in [0.25, 0.3) is 0 Å². The highest BCUT2D eigenvalue weighted by Gasteiger charge is 2.59. The number of fused-ring (bicyclic) bond motifs is 1. The fourth-order valence-electron chi connectivity index (χ4n) is 4.80. The average molecular weight is 274 g/mol. The summed E-state index contributed by atoms with van der Waals surface area (Å²) in [5, 5.41) is 0. The van der Waals surface area contributed by atoms with Crippen LogP contribution in [0.15, 0.2) is 24.3 Å². The highest BCUT2D eigenvalue weighted by Crippen LogP contribution is 2.60. The lowest BCUT2D eigenvalue weighted by Crippen LogP contribution is -2.28. The van der Waals surface area contributed by atoms with Gasteiger partial charge in [-0.2, -0.15) is 0 Å². The molecule has 0 aliphatic heterocycles. The first-order valence-electron chi connectivity index (χ1n) is 7.61. The van der Waals surface area contributed by atoms with Crippen molar-refractivity contribution in [1.82, 2.24) is 0 Å². The molecule has 0 heterocycles. The molecule has 1 nitrogen and oxygen atoms in total. The molecule has 0 aromatic heterocycles. The number of hydrogen-bond donors (Lipinski definition) is 0. The van der Waals surface area contributed by atoms with E-state index in [0.29, 0.717) is 11.7 Å². The molecular weight excluding hydrogens is 251 g/mol. The largest absolute Gasteiger partial charge is 0.299 e. The van der Waals surface area contributed by atoms with Gasteiger partial charge in [-0.25, -0.2) is 4.39 Å². The van der Waals surface area contributed by atoms with E-state index < -0.39 is 0 Å². The van der Waals surface area contributed by atoms with Gasteiger partial charge in [-0.1, -0.05) is 32.9 Å². The molecule has 2 fully saturated rings. The maximum Gasteiger partial charge on any atom is 0.142 e. The maximum atomic E-state index is 13.0. The molecular formula is C18H23FO. The van der Waals surface area contributed by atoms with Crippen molar-refractivity contribution in [2.45, 2.75) is 46.5 Å². The molecule has 0 bridgehead atoms. The van der Waals surface area contributed by atoms with Gasteiger partial charge in [0, 0.05) is 11.3 Å². The second kappa shape index (κ2) is 4.41. The van der Waals surface area contributed by atoms with Crippen molar-refractivity contribution >= 4 is 5.78 Å². The predicted molar refractivity (Wildman–Crippen MR) is 77.8 cm³/mol. The van der Waals surface area contributed by atoms with Gasteiger partial charge in [0.05, 0.1) is 0 Å². The van der Waals surface area contributed by atoms with Gasteiger partial charge in [-0.05, 0) is 54.7 Å². The number of Topliss-reactive ketones (excluding diaryl/α,β-unsaturated/α-hetero) is 1. The van der Waals surface area contributed by atoms with E-state index in [4.69, 9.17) is 0 Å². The molecule has 1 aromatic carbocycles. The van der Waals surface area contributed by atoms with E-state index >= 15 is 0 Å². The summed E-state index contributed by atoms with van der Waals surface area (Å²) in [6, 6.07) is 6.75. The fourth-order valence-corrected chi connectivity index (χ4v) is 4.80. The zero-order chi connectivity index (χ0) is 14.5. The molecule has 2 saturated carbocycles. The minimum Gasteiger partial charge on any atom is -0.299 e. The molecule has 3 atom stereocenters. The Labute approximate surface area is 120 Å². The third-order valence-electron chi connectivity index (χ3n) is 5.51. The van der Waals surface area contributed by atoms with Crippen LogP contribution in [0.5, 0.6) is 0 Å². The molecule has 0 unspecified atom stereocenters. The first kappa shape index (κ1) is 13.8. The molecule has 108 valence electrons. The van der Waals surface area contributed by atoms with E-state index in [1.54, 1.807) is 0 Å². The Kier molecular flexibility index (Phi) is 3.04. The minimum absolute atomic E-state index is 0.166. The highest BCUT2D eigenvalue weighted by atomic mass is 19.1. The summed E-state index contributed by atoms with van der Waals surface area (Å²) < 4.78 is 13.0. The molecule has 1 aromatic rings. The van der Waals surface area contributed by atoms with Crippen LogP contribution >= 0.6 is 0 Å². The lowest BCUT2D eigenvalue weighted by molar-refractivity contribution is -0.129. The Morgan fingerprint density at radius 1 is 1.20 bits per heavy atom. The van der Waals surface area contributed by atoms with Crippen LogP contribution in [-0.2, 0) is 11.2 Å². The normalized spacial score (nSPS) is 35.3. The Morgan fingerprint density at radius 2 is 1.85 bits per heavy atom. The van der Waals surface area contributed by atoms with Crippen molar-refractivity contribution in [2.75, 3.05) is 0 Å². The van der Waals surface area contributed by atoms with Crippen LogP contribution in [0.3, 0.4) is 0 Å². The summed E-state index contributed by atoms with van der Waals surface area (Å²) in [5.74, 6) is 0.884. The third-order valence-corrected chi connectivity index (χ3v) is 5.51. The number of halogens is 1. The van der Waals surface area contributed by atoms with E-state index in [0.717, 1.165) is 31.2 Å². The van der Waals surface area contributed by atoms with Crippen molar-refractivity contribution < 1.29 is 9.18 Å². The van der Waals surface area contributed by atoms with Crippen LogP contribution in [0.2, 0.25) is 0 Å². The van der Waals surface area contributed by atoms with Crippen molar-refractivity contribution in [3.05, 3.63) is 35.6 Å². The van der Waals surface area contributed by atoms with Crippen molar-refractivity contribution in [3.8, 4) is 0 Å². The highest BCUT2D eigenvalue weighted by molar-refractivity contribution is 5.90. The number of rotatable bonds is 2. The van der Waals surface area contributed by atoms with Crippen molar-refractivity contribution in [3.63, 3.8) is 0 Å². The van der Waals surface area contributed by atoms with Crippen LogP contribution in [0, 0.1) is 28.5 Å². The number of carbonyl (C=O) groups excluding carboxylic acids is 1. The molecule has 2 heteroatoms. The molecule has 20 heavy (non-hydrogen) atoms. The molecule has 0 N–H and O–H groups in total. The summed E-state index contributed by atoms with van der Waals surface area (Å²) in [4.78, 5) is 12.7. The molecule has 2 aliphatic carbocycles. The number of ketones is 1. The Balaban J connectivity index is 1.82. The van der Waals surface area contributed by atoms with Crippen molar-refractivity contribution in [2.24, 2.45) is 22.7 Å². The second-order valence-electron chi connectivity index (χ2n) is 7.69. The maximum absolute atomic E-state index is 13.0. The molecule has 0 spiro atoms. The molecule has 0 saturated heterocycles. The monoisotopic (exact) mass is 274 g/mol. The first-order chi connectivity index (χ1) is 9.32. The fraction of sp³-hybridized carbons (Fsp3) is 0.611. The van der Waals surface area contributed by atoms with Crippen LogP contribution in [0.25, 0.3) is 0 Å². The summed E-state index contributed by atoms with van der Waals surface area (Å²) in [6.45, 7) is 6.47. The molecule has 0 radical (unpaired) electrons. The zero-order valence-corrected chi connectivity index (χ0v) is 12.6. The van der Waals surface area contributed by atoms with Crippen LogP contribution in [0.1, 0.15) is 45.6 Å². The second-order valence-corrected chi connectivity index (χ2v) is 7.69. The standard InChI is InChI=1S/C18H23FO/c1-17(2)11-18(3)9-8-13(15(18)16(17)20)10-12-4-6-14(19)7-5-12/h4-7,13,15H,8-11H2,1-3H3/t13-,15+,18-/m1/s1. The van der Waals surface area contributed by atoms with E-state index in [2.05, 4.69) is 20.8 Å². The van der Waals surface area contributed by atoms with E-state index in [-0.39, 0.29) is 22.6 Å². The van der Waals surface area contributed by atoms with Gasteiger partial charge in [-0.3, -0.25) is 4.79 Å². The molecule has 2 aliphatic rings. The van der Waals surface area contributed by atoms with Gasteiger partial charge in [-0.15, -0.1) is 0 Å². The Hall–Kier alpha value is -1.18. The first-order valence-corrected chi connectivity index (χ1v) is 7.61. The van der Waals surface area contributed by atoms with Crippen LogP contribution in [0.4, 0.5) is 4.39 Å². The van der Waals surface area contributed by atoms with Gasteiger partial charge in [0.15, 0.2) is 0 Å².